The van der Waals surface area contributed by atoms with E-state index in [0.717, 1.165) is 26.2 Å². The minimum absolute atomic E-state index is 0.171. The second-order valence-corrected chi connectivity index (χ2v) is 6.84. The molecule has 2 rings (SSSR count). The fourth-order valence-electron chi connectivity index (χ4n) is 1.72. The highest BCUT2D eigenvalue weighted by Crippen LogP contribution is 2.28. The van der Waals surface area contributed by atoms with E-state index in [4.69, 9.17) is 4.74 Å². The molecule has 4 heteroatoms. The van der Waals surface area contributed by atoms with E-state index >= 15 is 0 Å². The van der Waals surface area contributed by atoms with Gasteiger partial charge in [0.2, 0.25) is 0 Å². The SMILES string of the molecule is Cc1cc(CNC2(C)CCOC2)sc1Br. The Hall–Kier alpha value is 0.100. The smallest absolute Gasteiger partial charge is 0.0730 e. The molecule has 0 amide bonds. The van der Waals surface area contributed by atoms with Crippen molar-refractivity contribution in [2.24, 2.45) is 0 Å². The molecule has 1 atom stereocenters. The molecule has 1 aliphatic rings. The number of thiophene rings is 1. The minimum Gasteiger partial charge on any atom is -0.379 e. The highest BCUT2D eigenvalue weighted by molar-refractivity contribution is 9.11. The molecule has 84 valence electrons. The minimum atomic E-state index is 0.171. The van der Waals surface area contributed by atoms with Crippen LogP contribution in [-0.4, -0.2) is 18.8 Å². The lowest BCUT2D eigenvalue weighted by Crippen LogP contribution is -2.42. The molecule has 1 N–H and O–H groups in total. The summed E-state index contributed by atoms with van der Waals surface area (Å²) in [4.78, 5) is 1.38. The molecule has 0 aromatic carbocycles. The average molecular weight is 290 g/mol. The molecule has 1 saturated heterocycles. The van der Waals surface area contributed by atoms with Crippen molar-refractivity contribution in [3.8, 4) is 0 Å². The van der Waals surface area contributed by atoms with Gasteiger partial charge in [-0.05, 0) is 47.8 Å². The Morgan fingerprint density at radius 3 is 3.00 bits per heavy atom. The molecular formula is C11H16BrNOS. The Balaban J connectivity index is 1.92. The second-order valence-electron chi connectivity index (χ2n) is 4.39. The topological polar surface area (TPSA) is 21.3 Å². The lowest BCUT2D eigenvalue weighted by Gasteiger charge is -2.23. The van der Waals surface area contributed by atoms with Crippen LogP contribution in [0.15, 0.2) is 9.85 Å². The van der Waals surface area contributed by atoms with Crippen LogP contribution >= 0.6 is 27.3 Å². The van der Waals surface area contributed by atoms with Crippen LogP contribution in [0.2, 0.25) is 0 Å². The van der Waals surface area contributed by atoms with Crippen molar-refractivity contribution in [2.45, 2.75) is 32.4 Å². The predicted molar refractivity (Wildman–Crippen MR) is 67.4 cm³/mol. The highest BCUT2D eigenvalue weighted by Gasteiger charge is 2.28. The monoisotopic (exact) mass is 289 g/mol. The summed E-state index contributed by atoms with van der Waals surface area (Å²) in [5, 5.41) is 3.58. The van der Waals surface area contributed by atoms with Crippen molar-refractivity contribution in [2.75, 3.05) is 13.2 Å². The summed E-state index contributed by atoms with van der Waals surface area (Å²) < 4.78 is 6.65. The van der Waals surface area contributed by atoms with Gasteiger partial charge in [0.15, 0.2) is 0 Å². The molecule has 1 aromatic rings. The van der Waals surface area contributed by atoms with Crippen LogP contribution < -0.4 is 5.32 Å². The van der Waals surface area contributed by atoms with Gasteiger partial charge in [0, 0.05) is 23.6 Å². The number of aryl methyl sites for hydroxylation is 1. The van der Waals surface area contributed by atoms with E-state index in [0.29, 0.717) is 0 Å². The summed E-state index contributed by atoms with van der Waals surface area (Å²) in [7, 11) is 0. The lowest BCUT2D eigenvalue weighted by molar-refractivity contribution is 0.171. The molecule has 1 aliphatic heterocycles. The average Bonchev–Trinajstić information content (AvgIpc) is 2.73. The summed E-state index contributed by atoms with van der Waals surface area (Å²) in [5.41, 5.74) is 1.49. The fourth-order valence-corrected chi connectivity index (χ4v) is 3.29. The zero-order valence-electron chi connectivity index (χ0n) is 9.10. The zero-order valence-corrected chi connectivity index (χ0v) is 11.5. The number of nitrogens with one attached hydrogen (secondary N) is 1. The molecule has 1 fully saturated rings. The molecule has 0 radical (unpaired) electrons. The number of hydrogen-bond donors (Lipinski definition) is 1. The van der Waals surface area contributed by atoms with Crippen LogP contribution in [0.4, 0.5) is 0 Å². The molecule has 2 nitrogen and oxygen atoms in total. The Morgan fingerprint density at radius 2 is 2.47 bits per heavy atom. The van der Waals surface area contributed by atoms with Crippen LogP contribution in [0.1, 0.15) is 23.8 Å². The van der Waals surface area contributed by atoms with Crippen molar-refractivity contribution < 1.29 is 4.74 Å². The maximum Gasteiger partial charge on any atom is 0.0730 e. The van der Waals surface area contributed by atoms with E-state index in [-0.39, 0.29) is 5.54 Å². The Labute approximate surface area is 103 Å². The van der Waals surface area contributed by atoms with Gasteiger partial charge in [-0.25, -0.2) is 0 Å². The van der Waals surface area contributed by atoms with Crippen LogP contribution in [-0.2, 0) is 11.3 Å². The third-order valence-electron chi connectivity index (χ3n) is 2.82. The summed E-state index contributed by atoms with van der Waals surface area (Å²) in [6.45, 7) is 7.02. The molecule has 15 heavy (non-hydrogen) atoms. The van der Waals surface area contributed by atoms with Crippen LogP contribution in [0.5, 0.6) is 0 Å². The van der Waals surface area contributed by atoms with Gasteiger partial charge in [0.1, 0.15) is 0 Å². The van der Waals surface area contributed by atoms with Crippen LogP contribution in [0, 0.1) is 6.92 Å². The first-order chi connectivity index (χ1) is 7.09. The Bertz CT molecular complexity index is 325. The van der Waals surface area contributed by atoms with Gasteiger partial charge in [-0.3, -0.25) is 0 Å². The molecule has 1 unspecified atom stereocenters. The largest absolute Gasteiger partial charge is 0.379 e. The summed E-state index contributed by atoms with van der Waals surface area (Å²) >= 11 is 5.36. The maximum atomic E-state index is 5.41. The fraction of sp³-hybridized carbons (Fsp3) is 0.636. The van der Waals surface area contributed by atoms with Gasteiger partial charge >= 0.3 is 0 Å². The third-order valence-corrected chi connectivity index (χ3v) is 4.95. The molecule has 0 spiro atoms. The van der Waals surface area contributed by atoms with Crippen molar-refractivity contribution >= 4 is 27.3 Å². The van der Waals surface area contributed by atoms with Crippen molar-refractivity contribution in [3.63, 3.8) is 0 Å². The van der Waals surface area contributed by atoms with E-state index in [1.54, 1.807) is 0 Å². The normalized spacial score (nSPS) is 26.1. The quantitative estimate of drug-likeness (QED) is 0.923. The first kappa shape index (κ1) is 11.6. The number of hydrogen-bond acceptors (Lipinski definition) is 3. The predicted octanol–water partition coefficient (Wildman–Crippen LogP) is 3.09. The molecule has 0 saturated carbocycles. The summed E-state index contributed by atoms with van der Waals surface area (Å²) in [6, 6.07) is 2.24. The molecular weight excluding hydrogens is 274 g/mol. The zero-order chi connectivity index (χ0) is 10.9. The molecule has 1 aromatic heterocycles. The standard InChI is InChI=1S/C11H16BrNOS/c1-8-5-9(15-10(8)12)6-13-11(2)3-4-14-7-11/h5,13H,3-4,6-7H2,1-2H3. The Kier molecular flexibility index (Phi) is 3.50. The molecule has 0 bridgehead atoms. The van der Waals surface area contributed by atoms with E-state index in [1.165, 1.54) is 14.2 Å². The first-order valence-electron chi connectivity index (χ1n) is 5.17. The van der Waals surface area contributed by atoms with Gasteiger partial charge in [-0.1, -0.05) is 0 Å². The van der Waals surface area contributed by atoms with Gasteiger partial charge < -0.3 is 10.1 Å². The number of rotatable bonds is 3. The lowest BCUT2D eigenvalue weighted by atomic mass is 10.0. The van der Waals surface area contributed by atoms with Crippen LogP contribution in [0.25, 0.3) is 0 Å². The third kappa shape index (κ3) is 2.81. The maximum absolute atomic E-state index is 5.41. The number of halogens is 1. The van der Waals surface area contributed by atoms with Gasteiger partial charge in [0.05, 0.1) is 10.4 Å². The number of ether oxygens (including phenoxy) is 1. The van der Waals surface area contributed by atoms with Crippen molar-refractivity contribution in [1.82, 2.24) is 5.32 Å². The highest BCUT2D eigenvalue weighted by atomic mass is 79.9. The Morgan fingerprint density at radius 1 is 1.67 bits per heavy atom. The molecule has 0 aliphatic carbocycles. The van der Waals surface area contributed by atoms with Gasteiger partial charge in [-0.15, -0.1) is 11.3 Å². The van der Waals surface area contributed by atoms with Crippen molar-refractivity contribution in [1.29, 1.82) is 0 Å². The van der Waals surface area contributed by atoms with Crippen LogP contribution in [0.3, 0.4) is 0 Å². The summed E-state index contributed by atoms with van der Waals surface area (Å²) in [6.07, 6.45) is 1.11. The molecule has 2 heterocycles. The van der Waals surface area contributed by atoms with E-state index < -0.39 is 0 Å². The van der Waals surface area contributed by atoms with Gasteiger partial charge in [-0.2, -0.15) is 0 Å². The van der Waals surface area contributed by atoms with E-state index in [9.17, 15) is 0 Å². The second kappa shape index (κ2) is 4.53. The first-order valence-corrected chi connectivity index (χ1v) is 6.78. The van der Waals surface area contributed by atoms with E-state index in [2.05, 4.69) is 41.2 Å². The van der Waals surface area contributed by atoms with E-state index in [1.807, 2.05) is 11.3 Å². The van der Waals surface area contributed by atoms with Crippen molar-refractivity contribution in [3.05, 3.63) is 20.3 Å². The van der Waals surface area contributed by atoms with Gasteiger partial charge in [0.25, 0.3) is 0 Å². The summed E-state index contributed by atoms with van der Waals surface area (Å²) in [5.74, 6) is 0.